The molecule has 0 aliphatic heterocycles. The van der Waals surface area contributed by atoms with Crippen molar-refractivity contribution in [3.63, 3.8) is 0 Å². The minimum absolute atomic E-state index is 0.277. The highest BCUT2D eigenvalue weighted by molar-refractivity contribution is 6.36. The molecule has 0 bridgehead atoms. The van der Waals surface area contributed by atoms with Gasteiger partial charge in [-0.25, -0.2) is 4.98 Å². The van der Waals surface area contributed by atoms with Gasteiger partial charge in [-0.15, -0.1) is 0 Å². The Morgan fingerprint density at radius 1 is 1.77 bits per heavy atom. The van der Waals surface area contributed by atoms with Crippen LogP contribution in [0, 0.1) is 11.3 Å². The summed E-state index contributed by atoms with van der Waals surface area (Å²) in [6.45, 7) is 0.460. The van der Waals surface area contributed by atoms with Crippen molar-refractivity contribution in [1.82, 2.24) is 9.55 Å². The van der Waals surface area contributed by atoms with Gasteiger partial charge in [0.25, 0.3) is 0 Å². The van der Waals surface area contributed by atoms with Crippen molar-refractivity contribution in [2.24, 2.45) is 0 Å². The molecule has 13 heavy (non-hydrogen) atoms. The van der Waals surface area contributed by atoms with Gasteiger partial charge in [-0.05, 0) is 0 Å². The Morgan fingerprint density at radius 2 is 2.54 bits per heavy atom. The van der Waals surface area contributed by atoms with Gasteiger partial charge in [0.2, 0.25) is 0 Å². The van der Waals surface area contributed by atoms with E-state index in [-0.39, 0.29) is 6.42 Å². The van der Waals surface area contributed by atoms with Gasteiger partial charge in [0.15, 0.2) is 0 Å². The molecule has 3 nitrogen and oxygen atoms in total. The van der Waals surface area contributed by atoms with Gasteiger partial charge >= 0.3 is 0 Å². The molecule has 5 heteroatoms. The maximum Gasteiger partial charge on any atom is 0.123 e. The summed E-state index contributed by atoms with van der Waals surface area (Å²) in [6, 6.07) is 2.02. The zero-order valence-electron chi connectivity index (χ0n) is 6.74. The van der Waals surface area contributed by atoms with Crippen molar-refractivity contribution in [3.05, 3.63) is 28.8 Å². The van der Waals surface area contributed by atoms with Crippen LogP contribution in [0.1, 0.15) is 5.82 Å². The number of hydrogen-bond acceptors (Lipinski definition) is 2. The number of aromatic nitrogens is 2. The fourth-order valence-electron chi connectivity index (χ4n) is 0.919. The van der Waals surface area contributed by atoms with E-state index in [1.54, 1.807) is 17.0 Å². The average molecular weight is 216 g/mol. The summed E-state index contributed by atoms with van der Waals surface area (Å²) in [6.07, 6.45) is 3.67. The molecule has 0 saturated carbocycles. The first-order valence-corrected chi connectivity index (χ1v) is 4.41. The second-order valence-electron chi connectivity index (χ2n) is 2.36. The van der Waals surface area contributed by atoms with E-state index in [0.29, 0.717) is 17.4 Å². The molecular weight excluding hydrogens is 209 g/mol. The lowest BCUT2D eigenvalue weighted by Gasteiger charge is -2.02. The molecule has 0 N–H and O–H groups in total. The summed E-state index contributed by atoms with van der Waals surface area (Å²) < 4.78 is 1.78. The Hall–Kier alpha value is -0.980. The van der Waals surface area contributed by atoms with Crippen LogP contribution in [-0.4, -0.2) is 9.55 Å². The molecule has 1 heterocycles. The number of nitrogens with zero attached hydrogens (tertiary/aromatic N) is 3. The smallest absolute Gasteiger partial charge is 0.123 e. The summed E-state index contributed by atoms with van der Waals surface area (Å²) in [7, 11) is 0. The molecule has 0 spiro atoms. The molecule has 0 atom stereocenters. The number of rotatable bonds is 3. The topological polar surface area (TPSA) is 41.6 Å². The van der Waals surface area contributed by atoms with Gasteiger partial charge in [0, 0.05) is 23.0 Å². The summed E-state index contributed by atoms with van der Waals surface area (Å²) in [4.78, 5) is 4.00. The molecule has 0 aliphatic carbocycles. The van der Waals surface area contributed by atoms with Gasteiger partial charge in [0.05, 0.1) is 19.0 Å². The van der Waals surface area contributed by atoms with Crippen LogP contribution >= 0.6 is 23.2 Å². The molecule has 68 valence electrons. The van der Waals surface area contributed by atoms with Crippen molar-refractivity contribution in [3.8, 4) is 6.07 Å². The van der Waals surface area contributed by atoms with Crippen LogP contribution in [0.3, 0.4) is 0 Å². The van der Waals surface area contributed by atoms with E-state index >= 15 is 0 Å². The van der Waals surface area contributed by atoms with E-state index in [1.807, 2.05) is 6.07 Å². The Kier molecular flexibility index (Phi) is 3.81. The van der Waals surface area contributed by atoms with Crippen molar-refractivity contribution in [2.75, 3.05) is 0 Å². The Balaban J connectivity index is 2.77. The first-order valence-electron chi connectivity index (χ1n) is 3.59. The average Bonchev–Trinajstić information content (AvgIpc) is 2.54. The fourth-order valence-corrected chi connectivity index (χ4v) is 1.12. The normalized spacial score (nSPS) is 11.3. The lowest BCUT2D eigenvalue weighted by atomic mass is 10.4. The van der Waals surface area contributed by atoms with Crippen molar-refractivity contribution < 1.29 is 0 Å². The summed E-state index contributed by atoms with van der Waals surface area (Å²) in [5.74, 6) is 0.694. The number of halogens is 2. The van der Waals surface area contributed by atoms with Crippen LogP contribution < -0.4 is 0 Å². The van der Waals surface area contributed by atoms with Gasteiger partial charge in [-0.1, -0.05) is 23.2 Å². The Labute approximate surface area is 86.2 Å². The van der Waals surface area contributed by atoms with Gasteiger partial charge in [-0.2, -0.15) is 5.26 Å². The monoisotopic (exact) mass is 215 g/mol. The van der Waals surface area contributed by atoms with Gasteiger partial charge in [0.1, 0.15) is 5.82 Å². The van der Waals surface area contributed by atoms with Crippen molar-refractivity contribution in [2.45, 2.75) is 13.0 Å². The van der Waals surface area contributed by atoms with E-state index in [4.69, 9.17) is 28.5 Å². The van der Waals surface area contributed by atoms with E-state index in [0.717, 1.165) is 0 Å². The molecule has 0 saturated heterocycles. The van der Waals surface area contributed by atoms with E-state index < -0.39 is 0 Å². The van der Waals surface area contributed by atoms with E-state index in [1.165, 1.54) is 5.54 Å². The number of allylic oxidation sites excluding steroid dienone is 1. The van der Waals surface area contributed by atoms with Gasteiger partial charge < -0.3 is 4.57 Å². The molecule has 0 radical (unpaired) electrons. The highest BCUT2D eigenvalue weighted by Gasteiger charge is 2.02. The first-order chi connectivity index (χ1) is 6.27. The first kappa shape index (κ1) is 10.1. The zero-order chi connectivity index (χ0) is 9.68. The third-order valence-electron chi connectivity index (χ3n) is 1.48. The number of imidazole rings is 1. The van der Waals surface area contributed by atoms with Crippen molar-refractivity contribution in [1.29, 1.82) is 5.26 Å². The third kappa shape index (κ3) is 2.76. The number of hydrogen-bond donors (Lipinski definition) is 0. The largest absolute Gasteiger partial charge is 0.329 e. The van der Waals surface area contributed by atoms with Crippen LogP contribution in [-0.2, 0) is 13.0 Å². The highest BCUT2D eigenvalue weighted by atomic mass is 35.5. The van der Waals surface area contributed by atoms with Gasteiger partial charge in [-0.3, -0.25) is 0 Å². The summed E-state index contributed by atoms with van der Waals surface area (Å²) in [5, 5.41) is 8.99. The maximum atomic E-state index is 8.48. The minimum Gasteiger partial charge on any atom is -0.329 e. The molecular formula is C8H7Cl2N3. The molecule has 0 unspecified atom stereocenters. The number of nitriles is 1. The van der Waals surface area contributed by atoms with E-state index in [9.17, 15) is 0 Å². The molecule has 1 rings (SSSR count). The Bertz CT molecular complexity index is 349. The zero-order valence-corrected chi connectivity index (χ0v) is 8.26. The molecule has 0 amide bonds. The SMILES string of the molecule is N#CCc1nccn1C/C(Cl)=C\Cl. The fraction of sp³-hybridized carbons (Fsp3) is 0.250. The minimum atomic E-state index is 0.277. The van der Waals surface area contributed by atoms with Crippen LogP contribution in [0.15, 0.2) is 23.0 Å². The quantitative estimate of drug-likeness (QED) is 0.777. The van der Waals surface area contributed by atoms with Crippen LogP contribution in [0.4, 0.5) is 0 Å². The van der Waals surface area contributed by atoms with Crippen molar-refractivity contribution >= 4 is 23.2 Å². The predicted octanol–water partition coefficient (Wildman–Crippen LogP) is 2.27. The predicted molar refractivity (Wildman–Crippen MR) is 51.3 cm³/mol. The highest BCUT2D eigenvalue weighted by Crippen LogP contribution is 2.09. The summed E-state index contributed by atoms with van der Waals surface area (Å²) in [5.41, 5.74) is 1.30. The van der Waals surface area contributed by atoms with Crippen LogP contribution in [0.25, 0.3) is 0 Å². The molecule has 0 fully saturated rings. The second kappa shape index (κ2) is 4.90. The molecule has 0 aliphatic rings. The second-order valence-corrected chi connectivity index (χ2v) is 3.07. The summed E-state index contributed by atoms with van der Waals surface area (Å²) >= 11 is 11.1. The lowest BCUT2D eigenvalue weighted by Crippen LogP contribution is -2.02. The van der Waals surface area contributed by atoms with Crippen LogP contribution in [0.5, 0.6) is 0 Å². The molecule has 1 aromatic heterocycles. The molecule has 1 aromatic rings. The van der Waals surface area contributed by atoms with E-state index in [2.05, 4.69) is 4.98 Å². The molecule has 0 aromatic carbocycles. The van der Waals surface area contributed by atoms with Crippen LogP contribution in [0.2, 0.25) is 0 Å². The maximum absolute atomic E-state index is 8.48. The Morgan fingerprint density at radius 3 is 3.15 bits per heavy atom. The lowest BCUT2D eigenvalue weighted by molar-refractivity contribution is 0.756. The third-order valence-corrected chi connectivity index (χ3v) is 2.08. The standard InChI is InChI=1S/C8H7Cl2N3/c9-5-7(10)6-13-4-3-12-8(13)1-2-11/h3-5H,1,6H2/b7-5+.